The SMILES string of the molecule is O=C1CC(C(=O)Nc2ccc3c(c2)OCO3)N=C(Nc2ccccc2)N1. The van der Waals surface area contributed by atoms with Gasteiger partial charge in [-0.3, -0.25) is 14.9 Å². The highest BCUT2D eigenvalue weighted by molar-refractivity contribution is 6.10. The molecule has 2 heterocycles. The number of nitrogens with zero attached hydrogens (tertiary/aromatic N) is 1. The van der Waals surface area contributed by atoms with Crippen LogP contribution in [0.1, 0.15) is 6.42 Å². The van der Waals surface area contributed by atoms with Crippen LogP contribution in [0.15, 0.2) is 53.5 Å². The zero-order chi connectivity index (χ0) is 17.9. The highest BCUT2D eigenvalue weighted by atomic mass is 16.7. The van der Waals surface area contributed by atoms with E-state index < -0.39 is 6.04 Å². The van der Waals surface area contributed by atoms with Crippen LogP contribution in [0.3, 0.4) is 0 Å². The molecule has 2 aromatic rings. The average molecular weight is 352 g/mol. The first-order valence-electron chi connectivity index (χ1n) is 8.07. The van der Waals surface area contributed by atoms with E-state index in [9.17, 15) is 9.59 Å². The molecule has 2 aromatic carbocycles. The van der Waals surface area contributed by atoms with E-state index in [4.69, 9.17) is 9.47 Å². The summed E-state index contributed by atoms with van der Waals surface area (Å²) >= 11 is 0. The number of para-hydroxylation sites is 1. The molecular weight excluding hydrogens is 336 g/mol. The van der Waals surface area contributed by atoms with Gasteiger partial charge in [0.15, 0.2) is 11.5 Å². The molecule has 132 valence electrons. The molecule has 2 aliphatic heterocycles. The summed E-state index contributed by atoms with van der Waals surface area (Å²) in [6.45, 7) is 0.161. The predicted octanol–water partition coefficient (Wildman–Crippen LogP) is 1.71. The number of benzene rings is 2. The Kier molecular flexibility index (Phi) is 4.14. The first kappa shape index (κ1) is 15.9. The van der Waals surface area contributed by atoms with Gasteiger partial charge in [0, 0.05) is 17.4 Å². The fourth-order valence-corrected chi connectivity index (χ4v) is 2.67. The van der Waals surface area contributed by atoms with E-state index in [2.05, 4.69) is 20.9 Å². The number of carbonyl (C=O) groups is 2. The zero-order valence-corrected chi connectivity index (χ0v) is 13.7. The highest BCUT2D eigenvalue weighted by Gasteiger charge is 2.27. The van der Waals surface area contributed by atoms with Crippen LogP contribution in [-0.4, -0.2) is 30.6 Å². The molecule has 2 aliphatic rings. The van der Waals surface area contributed by atoms with E-state index in [-0.39, 0.29) is 31.0 Å². The molecule has 0 bridgehead atoms. The van der Waals surface area contributed by atoms with Gasteiger partial charge >= 0.3 is 0 Å². The quantitative estimate of drug-likeness (QED) is 0.781. The monoisotopic (exact) mass is 352 g/mol. The molecule has 1 unspecified atom stereocenters. The summed E-state index contributed by atoms with van der Waals surface area (Å²) in [4.78, 5) is 28.8. The normalized spacial score (nSPS) is 17.9. The highest BCUT2D eigenvalue weighted by Crippen LogP contribution is 2.34. The van der Waals surface area contributed by atoms with E-state index in [1.165, 1.54) is 0 Å². The Morgan fingerprint density at radius 1 is 1.08 bits per heavy atom. The lowest BCUT2D eigenvalue weighted by atomic mass is 10.1. The Morgan fingerprint density at radius 3 is 2.73 bits per heavy atom. The van der Waals surface area contributed by atoms with Gasteiger partial charge in [-0.1, -0.05) is 18.2 Å². The lowest BCUT2D eigenvalue weighted by Crippen LogP contribution is -2.45. The maximum absolute atomic E-state index is 12.5. The minimum atomic E-state index is -0.819. The van der Waals surface area contributed by atoms with Crippen molar-refractivity contribution >= 4 is 29.1 Å². The Bertz CT molecular complexity index is 882. The number of anilines is 2. The molecule has 2 amide bonds. The van der Waals surface area contributed by atoms with E-state index in [1.54, 1.807) is 18.2 Å². The topological polar surface area (TPSA) is 101 Å². The number of aliphatic imine (C=N–C) groups is 1. The van der Waals surface area contributed by atoms with E-state index in [1.807, 2.05) is 30.3 Å². The summed E-state index contributed by atoms with van der Waals surface area (Å²) < 4.78 is 10.5. The maximum atomic E-state index is 12.5. The Hall–Kier alpha value is -3.55. The summed E-state index contributed by atoms with van der Waals surface area (Å²) in [7, 11) is 0. The van der Waals surface area contributed by atoms with E-state index in [0.29, 0.717) is 17.2 Å². The van der Waals surface area contributed by atoms with Crippen molar-refractivity contribution in [3.8, 4) is 11.5 Å². The van der Waals surface area contributed by atoms with E-state index in [0.717, 1.165) is 5.69 Å². The van der Waals surface area contributed by atoms with Gasteiger partial charge in [0.25, 0.3) is 0 Å². The number of rotatable bonds is 3. The van der Waals surface area contributed by atoms with Crippen molar-refractivity contribution in [1.82, 2.24) is 5.32 Å². The smallest absolute Gasteiger partial charge is 0.249 e. The van der Waals surface area contributed by atoms with Crippen molar-refractivity contribution in [3.05, 3.63) is 48.5 Å². The first-order valence-corrected chi connectivity index (χ1v) is 8.07. The van der Waals surface area contributed by atoms with Gasteiger partial charge < -0.3 is 20.1 Å². The van der Waals surface area contributed by atoms with Crippen LogP contribution in [0.25, 0.3) is 0 Å². The lowest BCUT2D eigenvalue weighted by Gasteiger charge is -2.21. The lowest BCUT2D eigenvalue weighted by molar-refractivity contribution is -0.124. The molecule has 26 heavy (non-hydrogen) atoms. The Labute approximate surface area is 149 Å². The van der Waals surface area contributed by atoms with Crippen molar-refractivity contribution < 1.29 is 19.1 Å². The fraction of sp³-hybridized carbons (Fsp3) is 0.167. The number of hydrogen-bond donors (Lipinski definition) is 3. The molecule has 0 fully saturated rings. The number of nitrogens with one attached hydrogen (secondary N) is 3. The van der Waals surface area contributed by atoms with Crippen LogP contribution >= 0.6 is 0 Å². The van der Waals surface area contributed by atoms with Crippen LogP contribution in [0, 0.1) is 0 Å². The van der Waals surface area contributed by atoms with E-state index >= 15 is 0 Å². The van der Waals surface area contributed by atoms with Crippen molar-refractivity contribution in [2.75, 3.05) is 17.4 Å². The van der Waals surface area contributed by atoms with Gasteiger partial charge in [-0.25, -0.2) is 4.99 Å². The predicted molar refractivity (Wildman–Crippen MR) is 95.2 cm³/mol. The molecule has 0 spiro atoms. The molecule has 0 aliphatic carbocycles. The molecule has 3 N–H and O–H groups in total. The summed E-state index contributed by atoms with van der Waals surface area (Å²) in [5, 5.41) is 8.38. The maximum Gasteiger partial charge on any atom is 0.249 e. The van der Waals surface area contributed by atoms with Gasteiger partial charge in [-0.15, -0.1) is 0 Å². The number of hydrogen-bond acceptors (Lipinski definition) is 6. The standard InChI is InChI=1S/C18H16N4O4/c23-16-9-13(21-18(22-16)20-11-4-2-1-3-5-11)17(24)19-12-6-7-14-15(8-12)26-10-25-14/h1-8,13H,9-10H2,(H,19,24)(H2,20,21,22,23). The molecule has 8 nitrogen and oxygen atoms in total. The second-order valence-electron chi connectivity index (χ2n) is 5.79. The molecule has 4 rings (SSSR count). The number of fused-ring (bicyclic) bond motifs is 1. The third-order valence-corrected chi connectivity index (χ3v) is 3.90. The minimum absolute atomic E-state index is 0.0175. The van der Waals surface area contributed by atoms with Crippen LogP contribution in [0.4, 0.5) is 11.4 Å². The van der Waals surface area contributed by atoms with Crippen LogP contribution in [0.2, 0.25) is 0 Å². The molecule has 8 heteroatoms. The minimum Gasteiger partial charge on any atom is -0.454 e. The summed E-state index contributed by atoms with van der Waals surface area (Å²) in [5.41, 5.74) is 1.32. The van der Waals surface area contributed by atoms with Crippen LogP contribution < -0.4 is 25.4 Å². The molecule has 0 saturated heterocycles. The number of guanidine groups is 1. The molecular formula is C18H16N4O4. The van der Waals surface area contributed by atoms with Gasteiger partial charge in [0.2, 0.25) is 24.6 Å². The number of amides is 2. The van der Waals surface area contributed by atoms with Crippen LogP contribution in [0.5, 0.6) is 11.5 Å². The zero-order valence-electron chi connectivity index (χ0n) is 13.7. The molecule has 0 saturated carbocycles. The summed E-state index contributed by atoms with van der Waals surface area (Å²) in [5.74, 6) is 0.806. The second kappa shape index (κ2) is 6.75. The Balaban J connectivity index is 1.47. The average Bonchev–Trinajstić information content (AvgIpc) is 3.10. The van der Waals surface area contributed by atoms with Crippen molar-refractivity contribution in [2.24, 2.45) is 4.99 Å². The van der Waals surface area contributed by atoms with Gasteiger partial charge in [0.1, 0.15) is 6.04 Å². The van der Waals surface area contributed by atoms with Gasteiger partial charge in [0.05, 0.1) is 6.42 Å². The Morgan fingerprint density at radius 2 is 1.88 bits per heavy atom. The third-order valence-electron chi connectivity index (χ3n) is 3.90. The van der Waals surface area contributed by atoms with Crippen molar-refractivity contribution in [3.63, 3.8) is 0 Å². The second-order valence-corrected chi connectivity index (χ2v) is 5.79. The molecule has 0 radical (unpaired) electrons. The van der Waals surface area contributed by atoms with Gasteiger partial charge in [-0.2, -0.15) is 0 Å². The van der Waals surface area contributed by atoms with Crippen molar-refractivity contribution in [2.45, 2.75) is 12.5 Å². The van der Waals surface area contributed by atoms with Crippen molar-refractivity contribution in [1.29, 1.82) is 0 Å². The van der Waals surface area contributed by atoms with Gasteiger partial charge in [-0.05, 0) is 24.3 Å². The number of ether oxygens (including phenoxy) is 2. The number of carbonyl (C=O) groups excluding carboxylic acids is 2. The molecule has 1 atom stereocenters. The first-order chi connectivity index (χ1) is 12.7. The summed E-state index contributed by atoms with van der Waals surface area (Å²) in [6, 6.07) is 13.6. The fourth-order valence-electron chi connectivity index (χ4n) is 2.67. The molecule has 0 aromatic heterocycles. The van der Waals surface area contributed by atoms with Crippen LogP contribution in [-0.2, 0) is 9.59 Å². The third kappa shape index (κ3) is 3.44. The summed E-state index contributed by atoms with van der Waals surface area (Å²) in [6.07, 6.45) is -0.0175. The largest absolute Gasteiger partial charge is 0.454 e.